The quantitative estimate of drug-likeness (QED) is 0.737. The van der Waals surface area contributed by atoms with Gasteiger partial charge in [-0.25, -0.2) is 13.8 Å². The number of aryl methyl sites for hydroxylation is 2. The topological polar surface area (TPSA) is 43.8 Å². The third-order valence-electron chi connectivity index (χ3n) is 3.48. The van der Waals surface area contributed by atoms with Gasteiger partial charge in [0.25, 0.3) is 0 Å². The van der Waals surface area contributed by atoms with E-state index in [4.69, 9.17) is 5.73 Å². The summed E-state index contributed by atoms with van der Waals surface area (Å²) in [5.41, 5.74) is 9.07. The number of nitrogen functional groups attached to an aromatic ring is 1. The molecule has 0 saturated heterocycles. The first-order valence-electron chi connectivity index (χ1n) is 6.18. The maximum absolute atomic E-state index is 14.0. The normalized spacial score (nSPS) is 11.2. The molecule has 0 fully saturated rings. The molecule has 102 valence electrons. The molecule has 0 aliphatic rings. The number of anilines is 1. The van der Waals surface area contributed by atoms with Crippen LogP contribution in [-0.2, 0) is 0 Å². The van der Waals surface area contributed by atoms with Gasteiger partial charge in [0.2, 0.25) is 5.95 Å². The lowest BCUT2D eigenvalue weighted by atomic mass is 10.1. The number of nitrogens with zero attached hydrogens (tertiary/aromatic N) is 2. The van der Waals surface area contributed by atoms with E-state index in [2.05, 4.69) is 4.98 Å². The van der Waals surface area contributed by atoms with Crippen LogP contribution in [0.2, 0.25) is 0 Å². The van der Waals surface area contributed by atoms with Gasteiger partial charge in [-0.3, -0.25) is 4.57 Å². The molecule has 1 heterocycles. The molecule has 0 unspecified atom stereocenters. The fourth-order valence-electron chi connectivity index (χ4n) is 2.25. The highest BCUT2D eigenvalue weighted by atomic mass is 19.2. The second-order valence-electron chi connectivity index (χ2n) is 4.80. The number of aromatic nitrogens is 2. The van der Waals surface area contributed by atoms with Crippen LogP contribution in [0.3, 0.4) is 0 Å². The molecule has 5 heteroatoms. The molecule has 2 N–H and O–H groups in total. The van der Waals surface area contributed by atoms with Crippen molar-refractivity contribution < 1.29 is 8.78 Å². The minimum Gasteiger partial charge on any atom is -0.369 e. The van der Waals surface area contributed by atoms with Crippen LogP contribution < -0.4 is 5.73 Å². The molecule has 0 aliphatic carbocycles. The van der Waals surface area contributed by atoms with Gasteiger partial charge in [0.05, 0.1) is 5.52 Å². The zero-order valence-electron chi connectivity index (χ0n) is 11.1. The van der Waals surface area contributed by atoms with Crippen molar-refractivity contribution in [1.82, 2.24) is 9.55 Å². The molecule has 0 radical (unpaired) electrons. The molecule has 3 nitrogen and oxygen atoms in total. The fourth-order valence-corrected chi connectivity index (χ4v) is 2.25. The molecule has 3 rings (SSSR count). The Morgan fingerprint density at radius 1 is 1.05 bits per heavy atom. The van der Waals surface area contributed by atoms with Crippen molar-refractivity contribution in [3.05, 3.63) is 53.1 Å². The number of halogens is 2. The van der Waals surface area contributed by atoms with Gasteiger partial charge in [-0.2, -0.15) is 0 Å². The molecule has 2 aromatic carbocycles. The maximum Gasteiger partial charge on any atom is 0.206 e. The Labute approximate surface area is 114 Å². The van der Waals surface area contributed by atoms with E-state index in [1.807, 2.05) is 32.0 Å². The van der Waals surface area contributed by atoms with Crippen LogP contribution in [0.15, 0.2) is 30.3 Å². The average molecular weight is 273 g/mol. The van der Waals surface area contributed by atoms with Crippen molar-refractivity contribution >= 4 is 17.0 Å². The van der Waals surface area contributed by atoms with Gasteiger partial charge < -0.3 is 5.73 Å². The second kappa shape index (κ2) is 4.30. The first-order valence-corrected chi connectivity index (χ1v) is 6.18. The van der Waals surface area contributed by atoms with E-state index >= 15 is 0 Å². The number of benzene rings is 2. The summed E-state index contributed by atoms with van der Waals surface area (Å²) in [4.78, 5) is 4.08. The van der Waals surface area contributed by atoms with E-state index in [0.29, 0.717) is 11.2 Å². The summed E-state index contributed by atoms with van der Waals surface area (Å²) in [6.07, 6.45) is 0. The first kappa shape index (κ1) is 12.6. The Balaban J connectivity index is 2.38. The summed E-state index contributed by atoms with van der Waals surface area (Å²) in [6, 6.07) is 8.06. The van der Waals surface area contributed by atoms with Crippen LogP contribution in [0.5, 0.6) is 0 Å². The molecule has 3 aromatic rings. The Bertz CT molecular complexity index is 822. The summed E-state index contributed by atoms with van der Waals surface area (Å²) in [7, 11) is 0. The highest BCUT2D eigenvalue weighted by molar-refractivity contribution is 5.81. The molecule has 0 bridgehead atoms. The van der Waals surface area contributed by atoms with E-state index < -0.39 is 11.6 Å². The number of nitrogens with two attached hydrogens (primary N) is 1. The number of fused-ring (bicyclic) bond motifs is 1. The van der Waals surface area contributed by atoms with Crippen LogP contribution in [0, 0.1) is 25.5 Å². The standard InChI is InChI=1S/C15H13F2N3/c1-8-3-4-10(7-9(8)2)20-14-12(19-15(20)18)6-5-11(16)13(14)17/h3-7H,1-2H3,(H2,18,19). The van der Waals surface area contributed by atoms with E-state index in [1.54, 1.807) is 0 Å². The highest BCUT2D eigenvalue weighted by Gasteiger charge is 2.17. The van der Waals surface area contributed by atoms with Gasteiger partial charge >= 0.3 is 0 Å². The van der Waals surface area contributed by atoms with Crippen LogP contribution >= 0.6 is 0 Å². The molecule has 20 heavy (non-hydrogen) atoms. The average Bonchev–Trinajstić information content (AvgIpc) is 2.74. The molecular formula is C15H13F2N3. The third-order valence-corrected chi connectivity index (χ3v) is 3.48. The molecular weight excluding hydrogens is 260 g/mol. The summed E-state index contributed by atoms with van der Waals surface area (Å²) >= 11 is 0. The van der Waals surface area contributed by atoms with Crippen molar-refractivity contribution in [1.29, 1.82) is 0 Å². The fraction of sp³-hybridized carbons (Fsp3) is 0.133. The Kier molecular flexibility index (Phi) is 2.71. The SMILES string of the molecule is Cc1ccc(-n2c(N)nc3ccc(F)c(F)c32)cc1C. The Morgan fingerprint density at radius 3 is 2.50 bits per heavy atom. The number of hydrogen-bond acceptors (Lipinski definition) is 2. The van der Waals surface area contributed by atoms with E-state index in [0.717, 1.165) is 17.2 Å². The first-order chi connectivity index (χ1) is 9.49. The van der Waals surface area contributed by atoms with Crippen molar-refractivity contribution in [2.24, 2.45) is 0 Å². The molecule has 0 spiro atoms. The minimum atomic E-state index is -0.940. The third kappa shape index (κ3) is 1.74. The molecule has 0 saturated carbocycles. The highest BCUT2D eigenvalue weighted by Crippen LogP contribution is 2.27. The smallest absolute Gasteiger partial charge is 0.206 e. The lowest BCUT2D eigenvalue weighted by Crippen LogP contribution is -2.02. The van der Waals surface area contributed by atoms with E-state index in [9.17, 15) is 8.78 Å². The van der Waals surface area contributed by atoms with Gasteiger partial charge in [0, 0.05) is 5.69 Å². The Hall–Kier alpha value is -2.43. The van der Waals surface area contributed by atoms with Gasteiger partial charge in [-0.15, -0.1) is 0 Å². The minimum absolute atomic E-state index is 0.0609. The van der Waals surface area contributed by atoms with Gasteiger partial charge in [0.1, 0.15) is 5.52 Å². The predicted octanol–water partition coefficient (Wildman–Crippen LogP) is 3.50. The van der Waals surface area contributed by atoms with E-state index in [-0.39, 0.29) is 11.5 Å². The lowest BCUT2D eigenvalue weighted by molar-refractivity contribution is 0.514. The van der Waals surface area contributed by atoms with Crippen LogP contribution in [-0.4, -0.2) is 9.55 Å². The monoisotopic (exact) mass is 273 g/mol. The number of imidazole rings is 1. The van der Waals surface area contributed by atoms with Gasteiger partial charge in [-0.1, -0.05) is 6.07 Å². The summed E-state index contributed by atoms with van der Waals surface area (Å²) in [5, 5.41) is 0. The number of rotatable bonds is 1. The van der Waals surface area contributed by atoms with Crippen molar-refractivity contribution in [3.8, 4) is 5.69 Å². The van der Waals surface area contributed by atoms with Crippen LogP contribution in [0.1, 0.15) is 11.1 Å². The summed E-state index contributed by atoms with van der Waals surface area (Å²) in [5.74, 6) is -1.72. The zero-order valence-corrected chi connectivity index (χ0v) is 11.1. The van der Waals surface area contributed by atoms with Crippen molar-refractivity contribution in [3.63, 3.8) is 0 Å². The molecule has 0 amide bonds. The van der Waals surface area contributed by atoms with Gasteiger partial charge in [0.15, 0.2) is 11.6 Å². The lowest BCUT2D eigenvalue weighted by Gasteiger charge is -2.09. The predicted molar refractivity (Wildman–Crippen MR) is 74.9 cm³/mol. The molecule has 0 atom stereocenters. The maximum atomic E-state index is 14.0. The molecule has 0 aliphatic heterocycles. The van der Waals surface area contributed by atoms with Gasteiger partial charge in [-0.05, 0) is 49.2 Å². The van der Waals surface area contributed by atoms with E-state index in [1.165, 1.54) is 10.6 Å². The van der Waals surface area contributed by atoms with Crippen molar-refractivity contribution in [2.75, 3.05) is 5.73 Å². The summed E-state index contributed by atoms with van der Waals surface area (Å²) in [6.45, 7) is 3.93. The number of hydrogen-bond donors (Lipinski definition) is 1. The van der Waals surface area contributed by atoms with Crippen LogP contribution in [0.25, 0.3) is 16.7 Å². The van der Waals surface area contributed by atoms with Crippen LogP contribution in [0.4, 0.5) is 14.7 Å². The molecule has 1 aromatic heterocycles. The second-order valence-corrected chi connectivity index (χ2v) is 4.80. The van der Waals surface area contributed by atoms with Crippen molar-refractivity contribution in [2.45, 2.75) is 13.8 Å². The Morgan fingerprint density at radius 2 is 1.80 bits per heavy atom. The zero-order chi connectivity index (χ0) is 14.4. The summed E-state index contributed by atoms with van der Waals surface area (Å²) < 4.78 is 28.9. The largest absolute Gasteiger partial charge is 0.369 e.